The fourth-order valence-electron chi connectivity index (χ4n) is 1.56. The van der Waals surface area contributed by atoms with Crippen molar-refractivity contribution >= 4 is 11.4 Å². The van der Waals surface area contributed by atoms with Crippen LogP contribution in [0.25, 0.3) is 16.0 Å². The van der Waals surface area contributed by atoms with Gasteiger partial charge >= 0.3 is 0 Å². The van der Waals surface area contributed by atoms with Crippen LogP contribution in [-0.2, 0) is 0 Å². The van der Waals surface area contributed by atoms with E-state index in [0.717, 1.165) is 16.8 Å². The summed E-state index contributed by atoms with van der Waals surface area (Å²) in [6, 6.07) is 15.8. The van der Waals surface area contributed by atoms with Crippen LogP contribution >= 0.6 is 0 Å². The Balaban J connectivity index is 2.32. The summed E-state index contributed by atoms with van der Waals surface area (Å²) >= 11 is 0. The number of benzene rings is 2. The van der Waals surface area contributed by atoms with Gasteiger partial charge in [0.05, 0.1) is 6.57 Å². The monoisotopic (exact) mass is 208 g/mol. The summed E-state index contributed by atoms with van der Waals surface area (Å²) in [4.78, 5) is 3.37. The maximum atomic E-state index is 6.89. The van der Waals surface area contributed by atoms with Gasteiger partial charge in [-0.25, -0.2) is 4.85 Å². The van der Waals surface area contributed by atoms with E-state index in [0.29, 0.717) is 5.69 Å². The lowest BCUT2D eigenvalue weighted by Gasteiger charge is -2.04. The molecule has 0 aliphatic heterocycles. The van der Waals surface area contributed by atoms with Crippen molar-refractivity contribution in [3.05, 3.63) is 59.9 Å². The van der Waals surface area contributed by atoms with Crippen LogP contribution in [0.2, 0.25) is 0 Å². The molecule has 0 saturated heterocycles. The third-order valence-corrected chi connectivity index (χ3v) is 2.50. The first-order valence-electron chi connectivity index (χ1n) is 5.09. The van der Waals surface area contributed by atoms with Gasteiger partial charge in [0.25, 0.3) is 0 Å². The van der Waals surface area contributed by atoms with Crippen LogP contribution in [0.3, 0.4) is 0 Å². The van der Waals surface area contributed by atoms with E-state index in [-0.39, 0.29) is 0 Å². The molecule has 0 saturated carbocycles. The minimum absolute atomic E-state index is 0.676. The molecule has 0 aliphatic carbocycles. The van der Waals surface area contributed by atoms with E-state index in [4.69, 9.17) is 6.57 Å². The number of nitrogens with zero attached hydrogens (tertiary/aromatic N) is 1. The molecule has 0 aliphatic rings. The van der Waals surface area contributed by atoms with Crippen molar-refractivity contribution < 1.29 is 0 Å². The average Bonchev–Trinajstić information content (AvgIpc) is 2.39. The second-order valence-electron chi connectivity index (χ2n) is 3.49. The minimum Gasteiger partial charge on any atom is -0.388 e. The molecule has 2 nitrogen and oxygen atoms in total. The first kappa shape index (κ1) is 10.3. The molecule has 0 atom stereocenters. The summed E-state index contributed by atoms with van der Waals surface area (Å²) in [5, 5.41) is 3.08. The molecule has 78 valence electrons. The number of hydrogen-bond donors (Lipinski definition) is 1. The van der Waals surface area contributed by atoms with Crippen molar-refractivity contribution in [3.63, 3.8) is 0 Å². The molecule has 0 radical (unpaired) electrons. The van der Waals surface area contributed by atoms with Gasteiger partial charge in [-0.2, -0.15) is 0 Å². The summed E-state index contributed by atoms with van der Waals surface area (Å²) < 4.78 is 0. The molecule has 0 unspecified atom stereocenters. The highest BCUT2D eigenvalue weighted by molar-refractivity contribution is 5.68. The van der Waals surface area contributed by atoms with E-state index in [1.807, 2.05) is 43.4 Å². The lowest BCUT2D eigenvalue weighted by atomic mass is 10.1. The zero-order chi connectivity index (χ0) is 11.4. The first-order valence-corrected chi connectivity index (χ1v) is 5.09. The van der Waals surface area contributed by atoms with E-state index in [1.54, 1.807) is 0 Å². The molecule has 0 heterocycles. The standard InChI is InChI=1S/C14H12N2/c1-15-13-7-3-11(4-8-13)12-5-9-14(16-2)10-6-12/h3-10,15H,1H3. The molecule has 2 rings (SSSR count). The molecule has 0 aromatic heterocycles. The van der Waals surface area contributed by atoms with Gasteiger partial charge in [-0.05, 0) is 23.3 Å². The Bertz CT molecular complexity index is 504. The van der Waals surface area contributed by atoms with E-state index in [1.165, 1.54) is 0 Å². The highest BCUT2D eigenvalue weighted by Crippen LogP contribution is 2.23. The highest BCUT2D eigenvalue weighted by atomic mass is 14.8. The van der Waals surface area contributed by atoms with Gasteiger partial charge in [0.1, 0.15) is 0 Å². The largest absolute Gasteiger partial charge is 0.388 e. The van der Waals surface area contributed by atoms with E-state index >= 15 is 0 Å². The molecule has 0 bridgehead atoms. The summed E-state index contributed by atoms with van der Waals surface area (Å²) in [6.45, 7) is 6.89. The molecular formula is C14H12N2. The van der Waals surface area contributed by atoms with Crippen molar-refractivity contribution in [2.24, 2.45) is 0 Å². The van der Waals surface area contributed by atoms with Crippen LogP contribution in [0, 0.1) is 6.57 Å². The van der Waals surface area contributed by atoms with Crippen molar-refractivity contribution in [3.8, 4) is 11.1 Å². The second kappa shape index (κ2) is 4.50. The predicted octanol–water partition coefficient (Wildman–Crippen LogP) is 3.95. The van der Waals surface area contributed by atoms with Gasteiger partial charge in [0, 0.05) is 12.7 Å². The maximum absolute atomic E-state index is 6.89. The molecular weight excluding hydrogens is 196 g/mol. The van der Waals surface area contributed by atoms with Gasteiger partial charge in [-0.15, -0.1) is 0 Å². The van der Waals surface area contributed by atoms with Gasteiger partial charge in [-0.3, -0.25) is 0 Å². The van der Waals surface area contributed by atoms with Crippen LogP contribution in [0.4, 0.5) is 11.4 Å². The van der Waals surface area contributed by atoms with Crippen LogP contribution in [0.15, 0.2) is 48.5 Å². The summed E-state index contributed by atoms with van der Waals surface area (Å²) in [7, 11) is 1.90. The Kier molecular flexibility index (Phi) is 2.88. The van der Waals surface area contributed by atoms with Gasteiger partial charge in [0.2, 0.25) is 0 Å². The minimum atomic E-state index is 0.676. The van der Waals surface area contributed by atoms with Gasteiger partial charge in [-0.1, -0.05) is 36.4 Å². The Morgan fingerprint density at radius 3 is 1.81 bits per heavy atom. The molecule has 16 heavy (non-hydrogen) atoms. The molecule has 2 aromatic rings. The van der Waals surface area contributed by atoms with Crippen LogP contribution in [0.5, 0.6) is 0 Å². The third kappa shape index (κ3) is 2.04. The van der Waals surface area contributed by atoms with Crippen LogP contribution in [-0.4, -0.2) is 7.05 Å². The van der Waals surface area contributed by atoms with Gasteiger partial charge < -0.3 is 5.32 Å². The SMILES string of the molecule is [C-]#[N+]c1ccc(-c2ccc(NC)cc2)cc1. The number of anilines is 1. The summed E-state index contributed by atoms with van der Waals surface area (Å²) in [6.07, 6.45) is 0. The molecule has 2 aromatic carbocycles. The normalized spacial score (nSPS) is 9.50. The van der Waals surface area contributed by atoms with E-state index in [2.05, 4.69) is 22.3 Å². The van der Waals surface area contributed by atoms with Crippen molar-refractivity contribution in [1.29, 1.82) is 0 Å². The topological polar surface area (TPSA) is 16.4 Å². The van der Waals surface area contributed by atoms with Crippen molar-refractivity contribution in [2.75, 3.05) is 12.4 Å². The second-order valence-corrected chi connectivity index (χ2v) is 3.49. The molecule has 0 spiro atoms. The number of rotatable bonds is 2. The zero-order valence-corrected chi connectivity index (χ0v) is 9.07. The Labute approximate surface area is 95.4 Å². The predicted molar refractivity (Wildman–Crippen MR) is 67.7 cm³/mol. The average molecular weight is 208 g/mol. The number of nitrogens with one attached hydrogen (secondary N) is 1. The first-order chi connectivity index (χ1) is 7.83. The summed E-state index contributed by atoms with van der Waals surface area (Å²) in [5.41, 5.74) is 4.07. The highest BCUT2D eigenvalue weighted by Gasteiger charge is 1.97. The van der Waals surface area contributed by atoms with Crippen molar-refractivity contribution in [2.45, 2.75) is 0 Å². The Morgan fingerprint density at radius 2 is 1.38 bits per heavy atom. The lowest BCUT2D eigenvalue weighted by Crippen LogP contribution is -1.86. The van der Waals surface area contributed by atoms with Gasteiger partial charge in [0.15, 0.2) is 5.69 Å². The fourth-order valence-corrected chi connectivity index (χ4v) is 1.56. The quantitative estimate of drug-likeness (QED) is 0.739. The molecule has 0 fully saturated rings. The van der Waals surface area contributed by atoms with Crippen LogP contribution in [0.1, 0.15) is 0 Å². The smallest absolute Gasteiger partial charge is 0.187 e. The Morgan fingerprint density at radius 1 is 0.875 bits per heavy atom. The molecule has 0 amide bonds. The van der Waals surface area contributed by atoms with E-state index in [9.17, 15) is 0 Å². The fraction of sp³-hybridized carbons (Fsp3) is 0.0714. The maximum Gasteiger partial charge on any atom is 0.187 e. The van der Waals surface area contributed by atoms with E-state index < -0.39 is 0 Å². The van der Waals surface area contributed by atoms with Crippen LogP contribution < -0.4 is 5.32 Å². The summed E-state index contributed by atoms with van der Waals surface area (Å²) in [5.74, 6) is 0. The van der Waals surface area contributed by atoms with Crippen molar-refractivity contribution in [1.82, 2.24) is 0 Å². The number of hydrogen-bond acceptors (Lipinski definition) is 1. The Hall–Kier alpha value is -2.27. The third-order valence-electron chi connectivity index (χ3n) is 2.50. The lowest BCUT2D eigenvalue weighted by molar-refractivity contribution is 1.51. The molecule has 2 heteroatoms. The zero-order valence-electron chi connectivity index (χ0n) is 9.07. The molecule has 1 N–H and O–H groups in total.